The van der Waals surface area contributed by atoms with Crippen LogP contribution in [0.2, 0.25) is 0 Å². The normalized spacial score (nSPS) is 12.8. The number of alkyl carbamates (subject to hydrolysis) is 1. The third-order valence-electron chi connectivity index (χ3n) is 5.35. The van der Waals surface area contributed by atoms with E-state index in [2.05, 4.69) is 29.8 Å². The molecule has 2 aromatic rings. The zero-order valence-electron chi connectivity index (χ0n) is 21.2. The van der Waals surface area contributed by atoms with Gasteiger partial charge in [0.05, 0.1) is 0 Å². The van der Waals surface area contributed by atoms with Crippen LogP contribution in [0.1, 0.15) is 49.1 Å². The Balaban J connectivity index is 2.41. The highest BCUT2D eigenvalue weighted by atomic mass is 32.1. The maximum atomic E-state index is 13.6. The summed E-state index contributed by atoms with van der Waals surface area (Å²) in [5, 5.41) is 5.55. The summed E-state index contributed by atoms with van der Waals surface area (Å²) in [6, 6.07) is 11.0. The van der Waals surface area contributed by atoms with Crippen LogP contribution >= 0.6 is 12.6 Å². The molecule has 0 fully saturated rings. The second-order valence-electron chi connectivity index (χ2n) is 9.36. The third-order valence-corrected chi connectivity index (χ3v) is 5.71. The summed E-state index contributed by atoms with van der Waals surface area (Å²) < 4.78 is 5.28. The number of nitrogens with zero attached hydrogens (tertiary/aromatic N) is 1. The van der Waals surface area contributed by atoms with E-state index in [-0.39, 0.29) is 11.7 Å². The maximum Gasteiger partial charge on any atom is 0.408 e. The van der Waals surface area contributed by atoms with Gasteiger partial charge in [-0.15, -0.1) is 0 Å². The van der Waals surface area contributed by atoms with Crippen molar-refractivity contribution in [3.8, 4) is 0 Å². The first-order valence-corrected chi connectivity index (χ1v) is 12.0. The SMILES string of the molecule is C=Cc1cccc(C(C(=O)Nc2c(C)cccc2C)N(C)C(=O)C(CS)NC(=O)OC(C)(C)C)c1. The van der Waals surface area contributed by atoms with Crippen molar-refractivity contribution >= 4 is 42.3 Å². The molecule has 8 heteroatoms. The average molecular weight is 498 g/mol. The van der Waals surface area contributed by atoms with E-state index in [0.29, 0.717) is 11.3 Å². The average Bonchev–Trinajstić information content (AvgIpc) is 2.78. The molecule has 3 amide bonds. The van der Waals surface area contributed by atoms with Gasteiger partial charge < -0.3 is 20.3 Å². The number of hydrogen-bond acceptors (Lipinski definition) is 5. The summed E-state index contributed by atoms with van der Waals surface area (Å²) in [7, 11) is 1.53. The fourth-order valence-corrected chi connectivity index (χ4v) is 3.87. The lowest BCUT2D eigenvalue weighted by atomic mass is 10.0. The van der Waals surface area contributed by atoms with E-state index >= 15 is 0 Å². The fraction of sp³-hybridized carbons (Fsp3) is 0.370. The number of likely N-dealkylation sites (N-methyl/N-ethyl adjacent to an activating group) is 1. The van der Waals surface area contributed by atoms with Crippen molar-refractivity contribution < 1.29 is 19.1 Å². The minimum Gasteiger partial charge on any atom is -0.444 e. The molecule has 35 heavy (non-hydrogen) atoms. The number of hydrogen-bond donors (Lipinski definition) is 3. The minimum atomic E-state index is -0.990. The first-order valence-electron chi connectivity index (χ1n) is 11.3. The van der Waals surface area contributed by atoms with Crippen LogP contribution in [0.25, 0.3) is 6.08 Å². The molecule has 0 saturated heterocycles. The second-order valence-corrected chi connectivity index (χ2v) is 9.73. The molecular weight excluding hydrogens is 462 g/mol. The molecule has 2 atom stereocenters. The van der Waals surface area contributed by atoms with Crippen LogP contribution in [-0.4, -0.2) is 47.3 Å². The zero-order valence-corrected chi connectivity index (χ0v) is 22.1. The van der Waals surface area contributed by atoms with Gasteiger partial charge in [-0.25, -0.2) is 4.79 Å². The van der Waals surface area contributed by atoms with Crippen LogP contribution < -0.4 is 10.6 Å². The van der Waals surface area contributed by atoms with Crippen LogP contribution in [0.5, 0.6) is 0 Å². The lowest BCUT2D eigenvalue weighted by Crippen LogP contribution is -2.52. The Morgan fingerprint density at radius 2 is 1.71 bits per heavy atom. The van der Waals surface area contributed by atoms with Gasteiger partial charge in [0, 0.05) is 18.5 Å². The summed E-state index contributed by atoms with van der Waals surface area (Å²) in [6.45, 7) is 12.8. The fourth-order valence-electron chi connectivity index (χ4n) is 3.62. The molecule has 2 unspecified atom stereocenters. The highest BCUT2D eigenvalue weighted by Gasteiger charge is 2.34. The smallest absolute Gasteiger partial charge is 0.408 e. The molecule has 2 rings (SSSR count). The predicted octanol–water partition coefficient (Wildman–Crippen LogP) is 4.91. The molecule has 0 aliphatic carbocycles. The number of para-hydroxylation sites is 1. The van der Waals surface area contributed by atoms with E-state index < -0.39 is 29.7 Å². The Hall–Kier alpha value is -3.26. The molecule has 0 radical (unpaired) electrons. The van der Waals surface area contributed by atoms with Crippen LogP contribution in [0.4, 0.5) is 10.5 Å². The number of aryl methyl sites for hydroxylation is 2. The van der Waals surface area contributed by atoms with Gasteiger partial charge in [-0.1, -0.05) is 49.1 Å². The highest BCUT2D eigenvalue weighted by molar-refractivity contribution is 7.80. The van der Waals surface area contributed by atoms with E-state index in [9.17, 15) is 14.4 Å². The van der Waals surface area contributed by atoms with Gasteiger partial charge in [0.1, 0.15) is 17.7 Å². The van der Waals surface area contributed by atoms with E-state index in [1.807, 2.05) is 44.2 Å². The van der Waals surface area contributed by atoms with Gasteiger partial charge in [-0.3, -0.25) is 9.59 Å². The number of carbonyl (C=O) groups excluding carboxylic acids is 3. The largest absolute Gasteiger partial charge is 0.444 e. The van der Waals surface area contributed by atoms with Crippen molar-refractivity contribution in [2.75, 3.05) is 18.1 Å². The number of anilines is 1. The molecule has 0 spiro atoms. The predicted molar refractivity (Wildman–Crippen MR) is 144 cm³/mol. The number of amides is 3. The number of ether oxygens (including phenoxy) is 1. The van der Waals surface area contributed by atoms with Gasteiger partial charge in [0.2, 0.25) is 5.91 Å². The van der Waals surface area contributed by atoms with Crippen LogP contribution in [0.15, 0.2) is 49.0 Å². The third kappa shape index (κ3) is 7.62. The lowest BCUT2D eigenvalue weighted by molar-refractivity contribution is -0.138. The number of thiol groups is 1. The van der Waals surface area contributed by atoms with E-state index in [1.165, 1.54) is 11.9 Å². The van der Waals surface area contributed by atoms with Gasteiger partial charge in [0.25, 0.3) is 5.91 Å². The summed E-state index contributed by atoms with van der Waals surface area (Å²) in [4.78, 5) is 40.7. The molecule has 0 saturated carbocycles. The van der Waals surface area contributed by atoms with Gasteiger partial charge in [0.15, 0.2) is 0 Å². The summed E-state index contributed by atoms with van der Waals surface area (Å²) in [6.07, 6.45) is 0.940. The molecule has 0 bridgehead atoms. The zero-order chi connectivity index (χ0) is 26.3. The van der Waals surface area contributed by atoms with Crippen molar-refractivity contribution in [3.63, 3.8) is 0 Å². The van der Waals surface area contributed by atoms with Crippen molar-refractivity contribution in [2.45, 2.75) is 52.3 Å². The van der Waals surface area contributed by atoms with Crippen molar-refractivity contribution in [1.82, 2.24) is 10.2 Å². The topological polar surface area (TPSA) is 87.7 Å². The van der Waals surface area contributed by atoms with Gasteiger partial charge >= 0.3 is 6.09 Å². The quantitative estimate of drug-likeness (QED) is 0.453. The summed E-state index contributed by atoms with van der Waals surface area (Å²) in [5.74, 6) is -0.827. The first kappa shape index (κ1) is 28.0. The first-order chi connectivity index (χ1) is 16.4. The van der Waals surface area contributed by atoms with Gasteiger partial charge in [-0.2, -0.15) is 12.6 Å². The monoisotopic (exact) mass is 497 g/mol. The van der Waals surface area contributed by atoms with E-state index in [0.717, 1.165) is 16.7 Å². The molecule has 2 N–H and O–H groups in total. The Morgan fingerprint density at radius 3 is 2.26 bits per heavy atom. The van der Waals surface area contributed by atoms with Crippen LogP contribution in [-0.2, 0) is 14.3 Å². The molecule has 0 aromatic heterocycles. The molecular formula is C27H35N3O4S. The highest BCUT2D eigenvalue weighted by Crippen LogP contribution is 2.27. The van der Waals surface area contributed by atoms with Crippen molar-refractivity contribution in [1.29, 1.82) is 0 Å². The number of nitrogens with one attached hydrogen (secondary N) is 2. The van der Waals surface area contributed by atoms with E-state index in [1.54, 1.807) is 39.0 Å². The van der Waals surface area contributed by atoms with E-state index in [4.69, 9.17) is 4.74 Å². The maximum absolute atomic E-state index is 13.6. The summed E-state index contributed by atoms with van der Waals surface area (Å²) >= 11 is 4.25. The Bertz CT molecular complexity index is 1070. The molecule has 0 aliphatic rings. The number of rotatable bonds is 8. The second kappa shape index (κ2) is 11.9. The molecule has 0 heterocycles. The Morgan fingerprint density at radius 1 is 1.11 bits per heavy atom. The van der Waals surface area contributed by atoms with Crippen molar-refractivity contribution in [2.24, 2.45) is 0 Å². The Labute approximate surface area is 213 Å². The number of benzene rings is 2. The van der Waals surface area contributed by atoms with Crippen LogP contribution in [0, 0.1) is 13.8 Å². The minimum absolute atomic E-state index is 0.0281. The molecule has 2 aromatic carbocycles. The number of carbonyl (C=O) groups is 3. The standard InChI is InChI=1S/C27H35N3O4S/c1-8-19-13-10-14-20(15-19)23(24(31)29-22-17(2)11-9-12-18(22)3)30(7)25(32)21(16-35)28-26(33)34-27(4,5)6/h8-15,21,23,35H,1,16H2,2-7H3,(H,28,33)(H,29,31). The lowest BCUT2D eigenvalue weighted by Gasteiger charge is -2.31. The van der Waals surface area contributed by atoms with Crippen molar-refractivity contribution in [3.05, 3.63) is 71.3 Å². The molecule has 0 aliphatic heterocycles. The summed E-state index contributed by atoms with van der Waals surface area (Å²) in [5.41, 5.74) is 3.21. The molecule has 7 nitrogen and oxygen atoms in total. The van der Waals surface area contributed by atoms with Crippen LogP contribution in [0.3, 0.4) is 0 Å². The molecule has 188 valence electrons. The Kier molecular flexibility index (Phi) is 9.54. The van der Waals surface area contributed by atoms with Gasteiger partial charge in [-0.05, 0) is 62.9 Å².